The second-order valence-corrected chi connectivity index (χ2v) is 7.60. The lowest BCUT2D eigenvalue weighted by Gasteiger charge is -2.09. The van der Waals surface area contributed by atoms with E-state index in [2.05, 4.69) is 4.98 Å². The summed E-state index contributed by atoms with van der Waals surface area (Å²) in [5.41, 5.74) is 1.16. The van der Waals surface area contributed by atoms with Crippen molar-refractivity contribution in [2.75, 3.05) is 0 Å². The molecule has 0 radical (unpaired) electrons. The zero-order valence-electron chi connectivity index (χ0n) is 15.2. The normalized spacial score (nSPS) is 10.9. The lowest BCUT2D eigenvalue weighted by Crippen LogP contribution is -2.32. The van der Waals surface area contributed by atoms with Crippen molar-refractivity contribution in [2.45, 2.75) is 18.1 Å². The molecule has 1 amide bonds. The van der Waals surface area contributed by atoms with Gasteiger partial charge in [0.15, 0.2) is 0 Å². The number of benzene rings is 2. The van der Waals surface area contributed by atoms with Crippen LogP contribution in [0.5, 0.6) is 0 Å². The number of aromatic nitrogens is 1. The Hall–Kier alpha value is -3.59. The van der Waals surface area contributed by atoms with Gasteiger partial charge in [0.25, 0.3) is 10.0 Å². The second kappa shape index (κ2) is 9.07. The highest BCUT2D eigenvalue weighted by Gasteiger charge is 2.27. The van der Waals surface area contributed by atoms with E-state index in [4.69, 9.17) is 9.47 Å². The van der Waals surface area contributed by atoms with Gasteiger partial charge in [0, 0.05) is 6.20 Å². The van der Waals surface area contributed by atoms with Crippen molar-refractivity contribution in [1.29, 1.82) is 0 Å². The van der Waals surface area contributed by atoms with Gasteiger partial charge in [0.1, 0.15) is 23.8 Å². The van der Waals surface area contributed by atoms with Crippen LogP contribution >= 0.6 is 0 Å². The molecule has 3 rings (SSSR count). The van der Waals surface area contributed by atoms with Gasteiger partial charge in [0.2, 0.25) is 0 Å². The molecule has 0 unspecified atom stereocenters. The molecule has 0 saturated carbocycles. The first-order valence-corrected chi connectivity index (χ1v) is 10.1. The van der Waals surface area contributed by atoms with E-state index < -0.39 is 27.0 Å². The van der Waals surface area contributed by atoms with Crippen molar-refractivity contribution in [1.82, 2.24) is 9.71 Å². The summed E-state index contributed by atoms with van der Waals surface area (Å²) < 4.78 is 36.8. The Bertz CT molecular complexity index is 1080. The first-order chi connectivity index (χ1) is 14.0. The quantitative estimate of drug-likeness (QED) is 0.575. The third kappa shape index (κ3) is 5.45. The predicted octanol–water partition coefficient (Wildman–Crippen LogP) is 2.99. The van der Waals surface area contributed by atoms with E-state index >= 15 is 0 Å². The monoisotopic (exact) mass is 414 g/mol. The van der Waals surface area contributed by atoms with Crippen molar-refractivity contribution in [3.63, 3.8) is 0 Å². The van der Waals surface area contributed by atoms with Crippen molar-refractivity contribution >= 4 is 22.1 Å². The maximum Gasteiger partial charge on any atom is 0.421 e. The van der Waals surface area contributed by atoms with E-state index in [0.29, 0.717) is 5.56 Å². The average molecular weight is 414 g/mol. The predicted molar refractivity (Wildman–Crippen MR) is 103 cm³/mol. The molecule has 0 bridgehead atoms. The summed E-state index contributed by atoms with van der Waals surface area (Å²) in [6.45, 7) is -0.119. The standard InChI is InChI=1S/C20H18N2O6S/c23-19(27-13-15-7-3-1-4-8-15)18-17(11-12-21-18)29(25,26)22-20(24)28-14-16-9-5-2-6-10-16/h1-12,21H,13-14H2,(H,22,24). The topological polar surface area (TPSA) is 115 Å². The molecular weight excluding hydrogens is 396 g/mol. The summed E-state index contributed by atoms with van der Waals surface area (Å²) in [5, 5.41) is 0. The first-order valence-electron chi connectivity index (χ1n) is 8.57. The molecule has 3 aromatic rings. The Kier molecular flexibility index (Phi) is 6.30. The lowest BCUT2D eigenvalue weighted by atomic mass is 10.2. The molecule has 2 aromatic carbocycles. The van der Waals surface area contributed by atoms with Crippen molar-refractivity contribution in [3.05, 3.63) is 89.7 Å². The highest BCUT2D eigenvalue weighted by atomic mass is 32.2. The van der Waals surface area contributed by atoms with Gasteiger partial charge in [-0.3, -0.25) is 0 Å². The number of nitrogens with one attached hydrogen (secondary N) is 2. The number of aromatic amines is 1. The smallest absolute Gasteiger partial charge is 0.421 e. The molecule has 0 saturated heterocycles. The zero-order chi connectivity index (χ0) is 20.7. The molecule has 150 valence electrons. The SMILES string of the molecule is O=C(NS(=O)(=O)c1cc[nH]c1C(=O)OCc1ccccc1)OCc1ccccc1. The van der Waals surface area contributed by atoms with Gasteiger partial charge >= 0.3 is 12.1 Å². The van der Waals surface area contributed by atoms with Crippen LogP contribution in [0.15, 0.2) is 77.8 Å². The molecule has 9 heteroatoms. The molecular formula is C20H18N2O6S. The van der Waals surface area contributed by atoms with Crippen LogP contribution in [0.25, 0.3) is 0 Å². The summed E-state index contributed by atoms with van der Waals surface area (Å²) in [4.78, 5) is 26.3. The third-order valence-electron chi connectivity index (χ3n) is 3.85. The number of hydrogen-bond acceptors (Lipinski definition) is 6. The summed E-state index contributed by atoms with van der Waals surface area (Å²) in [6, 6.07) is 18.9. The van der Waals surface area contributed by atoms with Crippen LogP contribution in [-0.2, 0) is 32.7 Å². The molecule has 1 heterocycles. The number of amides is 1. The summed E-state index contributed by atoms with van der Waals surface area (Å²) >= 11 is 0. The summed E-state index contributed by atoms with van der Waals surface area (Å²) in [7, 11) is -4.34. The zero-order valence-corrected chi connectivity index (χ0v) is 16.0. The molecule has 2 N–H and O–H groups in total. The van der Waals surface area contributed by atoms with Crippen LogP contribution in [0.1, 0.15) is 21.6 Å². The Morgan fingerprint density at radius 3 is 1.97 bits per heavy atom. The summed E-state index contributed by atoms with van der Waals surface area (Å²) in [5.74, 6) is -0.864. The number of hydrogen-bond donors (Lipinski definition) is 2. The molecule has 0 aliphatic heterocycles. The highest BCUT2D eigenvalue weighted by Crippen LogP contribution is 2.16. The Morgan fingerprint density at radius 1 is 0.828 bits per heavy atom. The molecule has 0 aliphatic rings. The number of sulfonamides is 1. The van der Waals surface area contributed by atoms with Gasteiger partial charge in [-0.25, -0.2) is 22.7 Å². The minimum Gasteiger partial charge on any atom is -0.456 e. The van der Waals surface area contributed by atoms with Crippen LogP contribution in [0, 0.1) is 0 Å². The Labute approximate surface area is 167 Å². The fourth-order valence-electron chi connectivity index (χ4n) is 2.45. The maximum absolute atomic E-state index is 12.5. The van der Waals surface area contributed by atoms with Crippen molar-refractivity contribution in [3.8, 4) is 0 Å². The second-order valence-electron chi connectivity index (χ2n) is 5.95. The Balaban J connectivity index is 1.62. The molecule has 8 nitrogen and oxygen atoms in total. The minimum atomic E-state index is -4.34. The van der Waals surface area contributed by atoms with Gasteiger partial charge in [0.05, 0.1) is 0 Å². The molecule has 29 heavy (non-hydrogen) atoms. The van der Waals surface area contributed by atoms with Crippen LogP contribution in [0.2, 0.25) is 0 Å². The number of H-pyrrole nitrogens is 1. The van der Waals surface area contributed by atoms with Crippen molar-refractivity contribution in [2.24, 2.45) is 0 Å². The van der Waals surface area contributed by atoms with Crippen molar-refractivity contribution < 1.29 is 27.5 Å². The van der Waals surface area contributed by atoms with E-state index in [1.165, 1.54) is 6.20 Å². The van der Waals surface area contributed by atoms with Gasteiger partial charge in [-0.1, -0.05) is 60.7 Å². The number of carbonyl (C=O) groups is 2. The minimum absolute atomic E-state index is 0.0231. The molecule has 0 aliphatic carbocycles. The van der Waals surface area contributed by atoms with E-state index in [0.717, 1.165) is 11.6 Å². The number of rotatable bonds is 7. The number of carbonyl (C=O) groups excluding carboxylic acids is 2. The van der Waals surface area contributed by atoms with E-state index in [1.54, 1.807) is 59.3 Å². The van der Waals surface area contributed by atoms with Gasteiger partial charge < -0.3 is 14.5 Å². The lowest BCUT2D eigenvalue weighted by molar-refractivity contribution is 0.0461. The molecule has 0 spiro atoms. The van der Waals surface area contributed by atoms with E-state index in [1.807, 2.05) is 6.07 Å². The van der Waals surface area contributed by atoms with E-state index in [9.17, 15) is 18.0 Å². The molecule has 0 atom stereocenters. The highest BCUT2D eigenvalue weighted by molar-refractivity contribution is 7.90. The summed E-state index contributed by atoms with van der Waals surface area (Å²) in [6.07, 6.45) is 0.113. The third-order valence-corrected chi connectivity index (χ3v) is 5.20. The van der Waals surface area contributed by atoms with Crippen LogP contribution < -0.4 is 4.72 Å². The Morgan fingerprint density at radius 2 is 1.38 bits per heavy atom. The van der Waals surface area contributed by atoms with Gasteiger partial charge in [-0.2, -0.15) is 0 Å². The fraction of sp³-hybridized carbons (Fsp3) is 0.100. The largest absolute Gasteiger partial charge is 0.456 e. The first kappa shape index (κ1) is 20.2. The van der Waals surface area contributed by atoms with Crippen LogP contribution in [0.3, 0.4) is 0 Å². The molecule has 1 aromatic heterocycles. The van der Waals surface area contributed by atoms with Gasteiger partial charge in [-0.05, 0) is 17.2 Å². The average Bonchev–Trinajstić information content (AvgIpc) is 3.23. The fourth-order valence-corrected chi connectivity index (χ4v) is 3.50. The van der Waals surface area contributed by atoms with Crippen LogP contribution in [0.4, 0.5) is 4.79 Å². The number of esters is 1. The van der Waals surface area contributed by atoms with E-state index in [-0.39, 0.29) is 18.9 Å². The van der Waals surface area contributed by atoms with Gasteiger partial charge in [-0.15, -0.1) is 0 Å². The maximum atomic E-state index is 12.5. The van der Waals surface area contributed by atoms with Crippen LogP contribution in [-0.4, -0.2) is 25.5 Å². The molecule has 0 fully saturated rings. The number of ether oxygens (including phenoxy) is 2.